The normalized spacial score (nSPS) is 19.3. The zero-order valence-electron chi connectivity index (χ0n) is 18.8. The van der Waals surface area contributed by atoms with Crippen molar-refractivity contribution in [1.29, 1.82) is 0 Å². The summed E-state index contributed by atoms with van der Waals surface area (Å²) in [6.07, 6.45) is 2.39. The molecule has 3 aromatic rings. The molecule has 0 radical (unpaired) electrons. The number of alkyl halides is 3. The van der Waals surface area contributed by atoms with Crippen molar-refractivity contribution in [1.82, 2.24) is 15.3 Å². The van der Waals surface area contributed by atoms with Crippen LogP contribution in [0.15, 0.2) is 48.8 Å². The molecule has 2 atom stereocenters. The number of aromatic nitrogens is 2. The zero-order chi connectivity index (χ0) is 25.4. The van der Waals surface area contributed by atoms with Crippen LogP contribution in [0.3, 0.4) is 0 Å². The third-order valence-electron chi connectivity index (χ3n) is 6.01. The number of nitrogens with zero attached hydrogens (tertiary/aromatic N) is 3. The Labute approximate surface area is 209 Å². The molecule has 2 aliphatic rings. The summed E-state index contributed by atoms with van der Waals surface area (Å²) in [6, 6.07) is 8.81. The Morgan fingerprint density at radius 3 is 2.67 bits per heavy atom. The summed E-state index contributed by atoms with van der Waals surface area (Å²) in [4.78, 5) is 23.9. The SMILES string of the molecule is O=C(Nc1ccc(OC(F)(F)Cl)cc1)c1cnc(N2CC[C@H](O)C2)c(-c2cnc3c(c2)C(O)NC3)c1. The van der Waals surface area contributed by atoms with E-state index >= 15 is 0 Å². The fraction of sp³-hybridized carbons (Fsp3) is 0.292. The van der Waals surface area contributed by atoms with E-state index in [0.29, 0.717) is 54.3 Å². The molecule has 4 N–H and O–H groups in total. The van der Waals surface area contributed by atoms with Crippen molar-refractivity contribution in [3.63, 3.8) is 0 Å². The average molecular weight is 518 g/mol. The number of fused-ring (bicyclic) bond motifs is 1. The van der Waals surface area contributed by atoms with Crippen molar-refractivity contribution in [3.05, 3.63) is 65.6 Å². The lowest BCUT2D eigenvalue weighted by molar-refractivity contribution is -0.0964. The predicted molar refractivity (Wildman–Crippen MR) is 128 cm³/mol. The average Bonchev–Trinajstić information content (AvgIpc) is 3.44. The number of anilines is 2. The van der Waals surface area contributed by atoms with Crippen LogP contribution in [0, 0.1) is 0 Å². The van der Waals surface area contributed by atoms with E-state index < -0.39 is 23.8 Å². The number of pyridine rings is 2. The number of nitrogens with one attached hydrogen (secondary N) is 2. The Morgan fingerprint density at radius 1 is 1.19 bits per heavy atom. The topological polar surface area (TPSA) is 120 Å². The fourth-order valence-corrected chi connectivity index (χ4v) is 4.36. The molecule has 1 fully saturated rings. The second kappa shape index (κ2) is 9.58. The Hall–Kier alpha value is -3.38. The summed E-state index contributed by atoms with van der Waals surface area (Å²) in [5, 5.41) is 25.9. The van der Waals surface area contributed by atoms with E-state index in [-0.39, 0.29) is 11.3 Å². The van der Waals surface area contributed by atoms with E-state index in [0.717, 1.165) is 5.69 Å². The molecule has 0 bridgehead atoms. The van der Waals surface area contributed by atoms with Gasteiger partial charge in [0.2, 0.25) is 0 Å². The first-order chi connectivity index (χ1) is 17.2. The summed E-state index contributed by atoms with van der Waals surface area (Å²) < 4.78 is 29.9. The number of carbonyl (C=O) groups is 1. The molecule has 1 aromatic carbocycles. The number of hydrogen-bond donors (Lipinski definition) is 4. The molecule has 5 rings (SSSR count). The molecule has 188 valence electrons. The fourth-order valence-electron chi connectivity index (χ4n) is 4.27. The first kappa shape index (κ1) is 24.3. The van der Waals surface area contributed by atoms with Gasteiger partial charge in [0.1, 0.15) is 17.8 Å². The lowest BCUT2D eigenvalue weighted by Crippen LogP contribution is -2.23. The van der Waals surface area contributed by atoms with Gasteiger partial charge >= 0.3 is 5.57 Å². The molecule has 0 aliphatic carbocycles. The standard InChI is InChI=1S/C24H22ClF2N5O4/c25-24(26,27)36-17-3-1-15(2-4-17)31-22(34)14-8-18(21(29-10-14)32-6-5-16(33)12-32)13-7-19-20(28-9-13)11-30-23(19)35/h1-4,7-10,16,23,30,33,35H,5-6,11-12H2,(H,31,34)/t16-,23?/m0/s1. The van der Waals surface area contributed by atoms with Gasteiger partial charge in [0.15, 0.2) is 0 Å². The van der Waals surface area contributed by atoms with Crippen LogP contribution in [0.25, 0.3) is 11.1 Å². The number of halogens is 3. The van der Waals surface area contributed by atoms with Crippen LogP contribution in [-0.2, 0) is 6.54 Å². The van der Waals surface area contributed by atoms with Crippen LogP contribution in [0.5, 0.6) is 5.75 Å². The minimum Gasteiger partial charge on any atom is -0.420 e. The van der Waals surface area contributed by atoms with Gasteiger partial charge in [-0.3, -0.25) is 15.1 Å². The molecule has 2 aromatic heterocycles. The molecule has 9 nitrogen and oxygen atoms in total. The number of aliphatic hydroxyl groups excluding tert-OH is 2. The maximum absolute atomic E-state index is 13.0. The minimum atomic E-state index is -3.83. The summed E-state index contributed by atoms with van der Waals surface area (Å²) in [5.41, 5.74) is -0.548. The smallest absolute Gasteiger partial charge is 0.420 e. The number of ether oxygens (including phenoxy) is 1. The van der Waals surface area contributed by atoms with Gasteiger partial charge in [-0.1, -0.05) is 0 Å². The Balaban J connectivity index is 1.44. The van der Waals surface area contributed by atoms with Crippen molar-refractivity contribution in [2.45, 2.75) is 30.9 Å². The van der Waals surface area contributed by atoms with Crippen molar-refractivity contribution < 1.29 is 28.5 Å². The van der Waals surface area contributed by atoms with E-state index in [1.807, 2.05) is 11.0 Å². The molecule has 1 saturated heterocycles. The number of benzene rings is 1. The van der Waals surface area contributed by atoms with E-state index in [9.17, 15) is 23.8 Å². The third-order valence-corrected chi connectivity index (χ3v) is 6.09. The number of hydrogen-bond acceptors (Lipinski definition) is 8. The van der Waals surface area contributed by atoms with E-state index in [1.165, 1.54) is 30.5 Å². The van der Waals surface area contributed by atoms with Gasteiger partial charge in [-0.25, -0.2) is 4.98 Å². The minimum absolute atomic E-state index is 0.158. The molecule has 1 unspecified atom stereocenters. The van der Waals surface area contributed by atoms with Gasteiger partial charge in [-0.05, 0) is 42.8 Å². The van der Waals surface area contributed by atoms with Crippen LogP contribution < -0.4 is 20.3 Å². The Bertz CT molecular complexity index is 1290. The molecular formula is C24H22ClF2N5O4. The van der Waals surface area contributed by atoms with Crippen molar-refractivity contribution in [2.75, 3.05) is 23.3 Å². The van der Waals surface area contributed by atoms with Gasteiger partial charge in [-0.2, -0.15) is 0 Å². The van der Waals surface area contributed by atoms with Gasteiger partial charge in [-0.15, -0.1) is 8.78 Å². The molecule has 36 heavy (non-hydrogen) atoms. The second-order valence-corrected chi connectivity index (χ2v) is 8.99. The van der Waals surface area contributed by atoms with Crippen molar-refractivity contribution in [2.24, 2.45) is 0 Å². The van der Waals surface area contributed by atoms with Crippen molar-refractivity contribution in [3.8, 4) is 16.9 Å². The second-order valence-electron chi connectivity index (χ2n) is 8.55. The van der Waals surface area contributed by atoms with E-state index in [4.69, 9.17) is 11.6 Å². The molecule has 0 saturated carbocycles. The summed E-state index contributed by atoms with van der Waals surface area (Å²) >= 11 is 4.77. The molecule has 12 heteroatoms. The Kier molecular flexibility index (Phi) is 6.47. The molecule has 2 aliphatic heterocycles. The highest BCUT2D eigenvalue weighted by Crippen LogP contribution is 2.35. The molecule has 1 amide bonds. The number of amides is 1. The first-order valence-electron chi connectivity index (χ1n) is 11.2. The first-order valence-corrected chi connectivity index (χ1v) is 11.5. The summed E-state index contributed by atoms with van der Waals surface area (Å²) in [7, 11) is 0. The zero-order valence-corrected chi connectivity index (χ0v) is 19.5. The lowest BCUT2D eigenvalue weighted by atomic mass is 10.0. The lowest BCUT2D eigenvalue weighted by Gasteiger charge is -2.21. The quantitative estimate of drug-likeness (QED) is 0.368. The Morgan fingerprint density at radius 2 is 1.97 bits per heavy atom. The van der Waals surface area contributed by atoms with Crippen LogP contribution in [0.4, 0.5) is 20.3 Å². The van der Waals surface area contributed by atoms with Gasteiger partial charge in [0.25, 0.3) is 5.91 Å². The highest BCUT2D eigenvalue weighted by atomic mass is 35.5. The number of β-amino-alcohol motifs (C(OH)–C–C–N with tert-alkyl or cyclic N) is 1. The van der Waals surface area contributed by atoms with Gasteiger partial charge in [0.05, 0.1) is 17.4 Å². The van der Waals surface area contributed by atoms with Crippen molar-refractivity contribution >= 4 is 29.0 Å². The van der Waals surface area contributed by atoms with Gasteiger partial charge in [0, 0.05) is 66.0 Å². The van der Waals surface area contributed by atoms with Crippen LogP contribution in [0.2, 0.25) is 0 Å². The van der Waals surface area contributed by atoms with Crippen LogP contribution in [-0.4, -0.2) is 50.8 Å². The maximum atomic E-state index is 13.0. The monoisotopic (exact) mass is 517 g/mol. The van der Waals surface area contributed by atoms with Crippen LogP contribution >= 0.6 is 11.6 Å². The molecule has 4 heterocycles. The van der Waals surface area contributed by atoms with Gasteiger partial charge < -0.3 is 25.2 Å². The van der Waals surface area contributed by atoms with Crippen LogP contribution in [0.1, 0.15) is 34.3 Å². The maximum Gasteiger partial charge on any atom is 0.487 e. The molecular weight excluding hydrogens is 496 g/mol. The molecule has 0 spiro atoms. The number of rotatable bonds is 6. The van der Waals surface area contributed by atoms with E-state index in [2.05, 4.69) is 25.3 Å². The predicted octanol–water partition coefficient (Wildman–Crippen LogP) is 3.23. The summed E-state index contributed by atoms with van der Waals surface area (Å²) in [6.45, 7) is 1.46. The summed E-state index contributed by atoms with van der Waals surface area (Å²) in [5.74, 6) is -0.0346. The highest BCUT2D eigenvalue weighted by Gasteiger charge is 2.28. The third kappa shape index (κ3) is 5.24. The number of aliphatic hydroxyl groups is 2. The number of carbonyl (C=O) groups excluding carboxylic acids is 1. The van der Waals surface area contributed by atoms with E-state index in [1.54, 1.807) is 12.3 Å². The largest absolute Gasteiger partial charge is 0.487 e. The highest BCUT2D eigenvalue weighted by molar-refractivity contribution is 6.20.